The lowest BCUT2D eigenvalue weighted by Crippen LogP contribution is -2.13. The number of nitrogens with zero attached hydrogens (tertiary/aromatic N) is 1. The Kier molecular flexibility index (Phi) is 4.15. The first-order valence-electron chi connectivity index (χ1n) is 8.61. The summed E-state index contributed by atoms with van der Waals surface area (Å²) in [5.74, 6) is -1.13. The third kappa shape index (κ3) is 3.08. The molecule has 2 N–H and O–H groups in total. The predicted octanol–water partition coefficient (Wildman–Crippen LogP) is 5.72. The molecule has 5 aromatic rings. The van der Waals surface area contributed by atoms with Crippen LogP contribution in [-0.2, 0) is 0 Å². The maximum atomic E-state index is 12.7. The summed E-state index contributed by atoms with van der Waals surface area (Å²) in [6, 6.07) is 16.7. The van der Waals surface area contributed by atoms with E-state index >= 15 is 0 Å². The monoisotopic (exact) mass is 420 g/mol. The molecule has 6 nitrogen and oxygen atoms in total. The number of thiazole rings is 1. The van der Waals surface area contributed by atoms with Gasteiger partial charge in [0.05, 0.1) is 10.2 Å². The number of thiophene rings is 1. The molecule has 3 heterocycles. The third-order valence-electron chi connectivity index (χ3n) is 4.41. The lowest BCUT2D eigenvalue weighted by atomic mass is 10.1. The molecule has 1 amide bonds. The van der Waals surface area contributed by atoms with E-state index < -0.39 is 11.9 Å². The van der Waals surface area contributed by atoms with Crippen LogP contribution in [0.1, 0.15) is 20.2 Å². The van der Waals surface area contributed by atoms with E-state index in [4.69, 9.17) is 4.42 Å². The standard InChI is InChI=1S/C21H12N2O4S2/c24-18(20-22-13-6-2-4-8-16(13)29-20)23-19-17(21(25)26)12(10-28-19)15-9-11-5-1-3-7-14(11)27-15/h1-10H,(H,23,24)(H,25,26). The number of benzene rings is 2. The fourth-order valence-electron chi connectivity index (χ4n) is 3.08. The first kappa shape index (κ1) is 17.6. The van der Waals surface area contributed by atoms with Crippen LogP contribution in [0.4, 0.5) is 5.00 Å². The number of para-hydroxylation sites is 2. The van der Waals surface area contributed by atoms with E-state index in [-0.39, 0.29) is 15.6 Å². The Morgan fingerprint density at radius 2 is 1.86 bits per heavy atom. The summed E-state index contributed by atoms with van der Waals surface area (Å²) in [7, 11) is 0. The number of amides is 1. The lowest BCUT2D eigenvalue weighted by molar-refractivity contribution is 0.0699. The average Bonchev–Trinajstić information content (AvgIpc) is 3.43. The molecule has 0 spiro atoms. The van der Waals surface area contributed by atoms with Crippen LogP contribution in [0.25, 0.3) is 32.5 Å². The summed E-state index contributed by atoms with van der Waals surface area (Å²) in [4.78, 5) is 28.9. The van der Waals surface area contributed by atoms with Crippen molar-refractivity contribution in [3.05, 3.63) is 70.5 Å². The van der Waals surface area contributed by atoms with E-state index in [0.29, 0.717) is 16.9 Å². The largest absolute Gasteiger partial charge is 0.478 e. The van der Waals surface area contributed by atoms with Crippen molar-refractivity contribution in [3.63, 3.8) is 0 Å². The van der Waals surface area contributed by atoms with Crippen LogP contribution < -0.4 is 5.32 Å². The fourth-order valence-corrected chi connectivity index (χ4v) is 4.88. The van der Waals surface area contributed by atoms with Crippen LogP contribution >= 0.6 is 22.7 Å². The van der Waals surface area contributed by atoms with Crippen LogP contribution in [0.15, 0.2) is 64.4 Å². The highest BCUT2D eigenvalue weighted by Crippen LogP contribution is 2.38. The summed E-state index contributed by atoms with van der Waals surface area (Å²) in [6.45, 7) is 0. The minimum atomic E-state index is -1.14. The molecule has 0 aliphatic heterocycles. The molecule has 29 heavy (non-hydrogen) atoms. The first-order valence-corrected chi connectivity index (χ1v) is 10.3. The van der Waals surface area contributed by atoms with Gasteiger partial charge in [0.15, 0.2) is 5.01 Å². The summed E-state index contributed by atoms with van der Waals surface area (Å²) in [6.07, 6.45) is 0. The van der Waals surface area contributed by atoms with Crippen molar-refractivity contribution in [2.24, 2.45) is 0 Å². The quantitative estimate of drug-likeness (QED) is 0.388. The molecule has 142 valence electrons. The molecule has 3 aromatic heterocycles. The number of aromatic nitrogens is 1. The molecule has 5 rings (SSSR count). The van der Waals surface area contributed by atoms with Crippen LogP contribution in [0.3, 0.4) is 0 Å². The zero-order valence-electron chi connectivity index (χ0n) is 14.7. The molecule has 0 saturated carbocycles. The van der Waals surface area contributed by atoms with E-state index in [9.17, 15) is 14.7 Å². The number of hydrogen-bond acceptors (Lipinski definition) is 6. The first-order chi connectivity index (χ1) is 14.1. The summed E-state index contributed by atoms with van der Waals surface area (Å²) < 4.78 is 6.70. The molecular weight excluding hydrogens is 408 g/mol. The number of carbonyl (C=O) groups is 2. The van der Waals surface area contributed by atoms with Crippen LogP contribution in [0, 0.1) is 0 Å². The van der Waals surface area contributed by atoms with Crippen LogP contribution in [0.2, 0.25) is 0 Å². The van der Waals surface area contributed by atoms with Crippen molar-refractivity contribution in [1.29, 1.82) is 0 Å². The average molecular weight is 420 g/mol. The van der Waals surface area contributed by atoms with E-state index in [1.165, 1.54) is 11.3 Å². The number of carbonyl (C=O) groups excluding carboxylic acids is 1. The number of hydrogen-bond donors (Lipinski definition) is 2. The Hall–Kier alpha value is -3.49. The number of nitrogens with one attached hydrogen (secondary N) is 1. The summed E-state index contributed by atoms with van der Waals surface area (Å²) in [5.41, 5.74) is 1.84. The van der Waals surface area contributed by atoms with Gasteiger partial charge in [-0.3, -0.25) is 4.79 Å². The van der Waals surface area contributed by atoms with Gasteiger partial charge in [0.25, 0.3) is 5.91 Å². The maximum Gasteiger partial charge on any atom is 0.339 e. The molecule has 0 atom stereocenters. The topological polar surface area (TPSA) is 92.4 Å². The van der Waals surface area contributed by atoms with E-state index in [0.717, 1.165) is 26.9 Å². The van der Waals surface area contributed by atoms with Crippen molar-refractivity contribution in [1.82, 2.24) is 4.98 Å². The molecular formula is C21H12N2O4S2. The van der Waals surface area contributed by atoms with E-state index in [2.05, 4.69) is 10.3 Å². The fraction of sp³-hybridized carbons (Fsp3) is 0. The second-order valence-corrected chi connectivity index (χ2v) is 8.16. The smallest absolute Gasteiger partial charge is 0.339 e. The van der Waals surface area contributed by atoms with Crippen LogP contribution in [-0.4, -0.2) is 22.0 Å². The lowest BCUT2D eigenvalue weighted by Gasteiger charge is -2.03. The van der Waals surface area contributed by atoms with Crippen molar-refractivity contribution >= 4 is 60.7 Å². The van der Waals surface area contributed by atoms with Crippen molar-refractivity contribution < 1.29 is 19.1 Å². The molecule has 2 aromatic carbocycles. The zero-order chi connectivity index (χ0) is 20.0. The predicted molar refractivity (Wildman–Crippen MR) is 114 cm³/mol. The summed E-state index contributed by atoms with van der Waals surface area (Å²) >= 11 is 2.40. The molecule has 0 saturated heterocycles. The van der Waals surface area contributed by atoms with Gasteiger partial charge in [0, 0.05) is 16.3 Å². The molecule has 0 bridgehead atoms. The van der Waals surface area contributed by atoms with Gasteiger partial charge in [-0.2, -0.15) is 0 Å². The normalized spacial score (nSPS) is 11.2. The minimum Gasteiger partial charge on any atom is -0.478 e. The van der Waals surface area contributed by atoms with Crippen molar-refractivity contribution in [2.75, 3.05) is 5.32 Å². The van der Waals surface area contributed by atoms with E-state index in [1.807, 2.05) is 48.5 Å². The highest BCUT2D eigenvalue weighted by Gasteiger charge is 2.24. The number of carboxylic acid groups (broad SMARTS) is 1. The zero-order valence-corrected chi connectivity index (χ0v) is 16.3. The second kappa shape index (κ2) is 6.84. The Morgan fingerprint density at radius 3 is 2.66 bits per heavy atom. The second-order valence-electron chi connectivity index (χ2n) is 6.25. The molecule has 0 fully saturated rings. The van der Waals surface area contributed by atoms with Crippen molar-refractivity contribution in [2.45, 2.75) is 0 Å². The molecule has 0 radical (unpaired) electrons. The van der Waals surface area contributed by atoms with Gasteiger partial charge in [-0.25, -0.2) is 9.78 Å². The number of carboxylic acids is 1. The van der Waals surface area contributed by atoms with Gasteiger partial charge in [0.2, 0.25) is 0 Å². The molecule has 0 aliphatic carbocycles. The van der Waals surface area contributed by atoms with Gasteiger partial charge < -0.3 is 14.8 Å². The van der Waals surface area contributed by atoms with Gasteiger partial charge >= 0.3 is 5.97 Å². The van der Waals surface area contributed by atoms with Gasteiger partial charge in [-0.15, -0.1) is 22.7 Å². The van der Waals surface area contributed by atoms with Gasteiger partial charge in [-0.05, 0) is 24.3 Å². The molecule has 0 unspecified atom stereocenters. The number of fused-ring (bicyclic) bond motifs is 2. The number of aromatic carboxylic acids is 1. The maximum absolute atomic E-state index is 12.7. The van der Waals surface area contributed by atoms with Gasteiger partial charge in [-0.1, -0.05) is 30.3 Å². The number of rotatable bonds is 4. The Morgan fingerprint density at radius 1 is 1.07 bits per heavy atom. The van der Waals surface area contributed by atoms with Crippen molar-refractivity contribution in [3.8, 4) is 11.3 Å². The highest BCUT2D eigenvalue weighted by atomic mass is 32.1. The third-order valence-corrected chi connectivity index (χ3v) is 6.34. The Balaban J connectivity index is 1.52. The van der Waals surface area contributed by atoms with Gasteiger partial charge in [0.1, 0.15) is 21.9 Å². The number of anilines is 1. The highest BCUT2D eigenvalue weighted by molar-refractivity contribution is 7.20. The molecule has 0 aliphatic rings. The Labute approximate surface area is 172 Å². The minimum absolute atomic E-state index is 0.00326. The SMILES string of the molecule is O=C(Nc1scc(-c2cc3ccccc3o2)c1C(=O)O)c1nc2ccccc2s1. The van der Waals surface area contributed by atoms with Crippen LogP contribution in [0.5, 0.6) is 0 Å². The molecule has 8 heteroatoms. The Bertz CT molecular complexity index is 1330. The van der Waals surface area contributed by atoms with E-state index in [1.54, 1.807) is 11.4 Å². The number of furan rings is 1. The summed E-state index contributed by atoms with van der Waals surface area (Å²) in [5, 5.41) is 15.5.